The van der Waals surface area contributed by atoms with Gasteiger partial charge in [0.05, 0.1) is 11.6 Å². The number of rotatable bonds is 3. The van der Waals surface area contributed by atoms with Gasteiger partial charge in [-0.3, -0.25) is 0 Å². The summed E-state index contributed by atoms with van der Waals surface area (Å²) in [5.74, 6) is 0.841. The van der Waals surface area contributed by atoms with Crippen LogP contribution in [0.25, 0.3) is 0 Å². The highest BCUT2D eigenvalue weighted by atomic mass is 14.9. The molecule has 0 amide bonds. The molecule has 0 saturated carbocycles. The number of hydrogen-bond donors (Lipinski definition) is 1. The summed E-state index contributed by atoms with van der Waals surface area (Å²) in [4.78, 5) is 0. The monoisotopic (exact) mass is 214 g/mol. The molecule has 1 heterocycles. The first-order valence-corrected chi connectivity index (χ1v) is 6.09. The second-order valence-electron chi connectivity index (χ2n) is 4.50. The third-order valence-electron chi connectivity index (χ3n) is 3.42. The molecule has 84 valence electrons. The lowest BCUT2D eigenvalue weighted by Crippen LogP contribution is -2.27. The van der Waals surface area contributed by atoms with Gasteiger partial charge in [0.25, 0.3) is 0 Å². The highest BCUT2D eigenvalue weighted by Crippen LogP contribution is 2.20. The number of nitrogens with one attached hydrogen (secondary N) is 1. The molecule has 0 aliphatic carbocycles. The minimum Gasteiger partial charge on any atom is -0.317 e. The molecule has 1 aliphatic heterocycles. The molecule has 1 saturated heterocycles. The summed E-state index contributed by atoms with van der Waals surface area (Å²) in [5, 5.41) is 12.4. The Morgan fingerprint density at radius 3 is 2.75 bits per heavy atom. The molecule has 0 aromatic heterocycles. The van der Waals surface area contributed by atoms with Crippen LogP contribution in [-0.4, -0.2) is 13.1 Å². The maximum atomic E-state index is 9.00. The topological polar surface area (TPSA) is 35.8 Å². The van der Waals surface area contributed by atoms with Gasteiger partial charge in [-0.25, -0.2) is 0 Å². The highest BCUT2D eigenvalue weighted by molar-refractivity contribution is 5.37. The Morgan fingerprint density at radius 1 is 1.25 bits per heavy atom. The standard InChI is InChI=1S/C14H18N2/c15-11-14-4-2-1-3-13(14)6-5-12-7-9-16-10-8-12/h1-4,12,16H,5-10H2. The van der Waals surface area contributed by atoms with Crippen LogP contribution in [0.4, 0.5) is 0 Å². The van der Waals surface area contributed by atoms with Gasteiger partial charge in [-0.15, -0.1) is 0 Å². The van der Waals surface area contributed by atoms with E-state index in [1.54, 1.807) is 0 Å². The summed E-state index contributed by atoms with van der Waals surface area (Å²) in [5.41, 5.74) is 2.06. The van der Waals surface area contributed by atoms with Crippen LogP contribution in [-0.2, 0) is 6.42 Å². The van der Waals surface area contributed by atoms with Crippen LogP contribution in [0.15, 0.2) is 24.3 Å². The molecule has 1 fully saturated rings. The first kappa shape index (κ1) is 11.2. The van der Waals surface area contributed by atoms with Gasteiger partial charge in [0, 0.05) is 0 Å². The van der Waals surface area contributed by atoms with Crippen molar-refractivity contribution in [3.05, 3.63) is 35.4 Å². The van der Waals surface area contributed by atoms with E-state index in [1.807, 2.05) is 18.2 Å². The quantitative estimate of drug-likeness (QED) is 0.839. The molecule has 0 radical (unpaired) electrons. The zero-order valence-corrected chi connectivity index (χ0v) is 9.58. The Bertz CT molecular complexity index is 373. The fraction of sp³-hybridized carbons (Fsp3) is 0.500. The molecule has 1 aliphatic rings. The number of benzene rings is 1. The number of hydrogen-bond acceptors (Lipinski definition) is 2. The van der Waals surface area contributed by atoms with Crippen molar-refractivity contribution < 1.29 is 0 Å². The summed E-state index contributed by atoms with van der Waals surface area (Å²) in [7, 11) is 0. The molecule has 16 heavy (non-hydrogen) atoms. The van der Waals surface area contributed by atoms with E-state index in [2.05, 4.69) is 17.5 Å². The number of aryl methyl sites for hydroxylation is 1. The van der Waals surface area contributed by atoms with Crippen molar-refractivity contribution >= 4 is 0 Å². The lowest BCUT2D eigenvalue weighted by atomic mass is 9.90. The van der Waals surface area contributed by atoms with Gasteiger partial charge in [-0.2, -0.15) is 5.26 Å². The maximum absolute atomic E-state index is 9.00. The van der Waals surface area contributed by atoms with E-state index >= 15 is 0 Å². The average Bonchev–Trinajstić information content (AvgIpc) is 2.38. The van der Waals surface area contributed by atoms with Gasteiger partial charge < -0.3 is 5.32 Å². The summed E-state index contributed by atoms with van der Waals surface area (Å²) in [6, 6.07) is 10.2. The number of nitrogens with zero attached hydrogens (tertiary/aromatic N) is 1. The van der Waals surface area contributed by atoms with Crippen molar-refractivity contribution in [1.29, 1.82) is 5.26 Å². The lowest BCUT2D eigenvalue weighted by Gasteiger charge is -2.22. The van der Waals surface area contributed by atoms with E-state index in [9.17, 15) is 0 Å². The molecular weight excluding hydrogens is 196 g/mol. The number of piperidine rings is 1. The van der Waals surface area contributed by atoms with Gasteiger partial charge in [0.1, 0.15) is 0 Å². The van der Waals surface area contributed by atoms with Crippen molar-refractivity contribution in [1.82, 2.24) is 5.32 Å². The van der Waals surface area contributed by atoms with Crippen molar-refractivity contribution in [2.45, 2.75) is 25.7 Å². The molecule has 0 spiro atoms. The average molecular weight is 214 g/mol. The highest BCUT2D eigenvalue weighted by Gasteiger charge is 2.13. The van der Waals surface area contributed by atoms with Crippen LogP contribution >= 0.6 is 0 Å². The Morgan fingerprint density at radius 2 is 2.00 bits per heavy atom. The van der Waals surface area contributed by atoms with Crippen LogP contribution in [0, 0.1) is 17.2 Å². The summed E-state index contributed by atoms with van der Waals surface area (Å²) in [6.45, 7) is 2.31. The minimum atomic E-state index is 0.841. The predicted octanol–water partition coefficient (Wildman–Crippen LogP) is 2.49. The van der Waals surface area contributed by atoms with Crippen LogP contribution in [0.2, 0.25) is 0 Å². The minimum absolute atomic E-state index is 0.841. The summed E-state index contributed by atoms with van der Waals surface area (Å²) < 4.78 is 0. The second-order valence-corrected chi connectivity index (χ2v) is 4.50. The van der Waals surface area contributed by atoms with Crippen LogP contribution in [0.3, 0.4) is 0 Å². The third kappa shape index (κ3) is 2.84. The molecule has 2 rings (SSSR count). The largest absolute Gasteiger partial charge is 0.317 e. The Kier molecular flexibility index (Phi) is 3.96. The molecule has 1 aromatic carbocycles. The molecule has 1 aromatic rings. The lowest BCUT2D eigenvalue weighted by molar-refractivity contribution is 0.354. The molecule has 0 bridgehead atoms. The van der Waals surface area contributed by atoms with Crippen molar-refractivity contribution in [3.63, 3.8) is 0 Å². The zero-order valence-electron chi connectivity index (χ0n) is 9.58. The van der Waals surface area contributed by atoms with Crippen LogP contribution < -0.4 is 5.32 Å². The first-order valence-electron chi connectivity index (χ1n) is 6.09. The molecule has 0 unspecified atom stereocenters. The SMILES string of the molecule is N#Cc1ccccc1CCC1CCNCC1. The Labute approximate surface area is 97.3 Å². The fourth-order valence-corrected chi connectivity index (χ4v) is 2.38. The van der Waals surface area contributed by atoms with Crippen molar-refractivity contribution in [3.8, 4) is 6.07 Å². The predicted molar refractivity (Wildman–Crippen MR) is 65.1 cm³/mol. The van der Waals surface area contributed by atoms with Gasteiger partial charge in [-0.1, -0.05) is 18.2 Å². The van der Waals surface area contributed by atoms with Gasteiger partial charge in [-0.05, 0) is 56.3 Å². The fourth-order valence-electron chi connectivity index (χ4n) is 2.38. The first-order chi connectivity index (χ1) is 7.90. The third-order valence-corrected chi connectivity index (χ3v) is 3.42. The maximum Gasteiger partial charge on any atom is 0.0994 e. The molecule has 2 nitrogen and oxygen atoms in total. The second kappa shape index (κ2) is 5.67. The van der Waals surface area contributed by atoms with E-state index in [4.69, 9.17) is 5.26 Å². The van der Waals surface area contributed by atoms with E-state index in [-0.39, 0.29) is 0 Å². The Balaban J connectivity index is 1.91. The normalized spacial score (nSPS) is 16.9. The molecule has 2 heteroatoms. The summed E-state index contributed by atoms with van der Waals surface area (Å²) in [6.07, 6.45) is 4.85. The van der Waals surface area contributed by atoms with Crippen molar-refractivity contribution in [2.24, 2.45) is 5.92 Å². The zero-order chi connectivity index (χ0) is 11.2. The number of nitriles is 1. The molecule has 0 atom stereocenters. The Hall–Kier alpha value is -1.33. The van der Waals surface area contributed by atoms with Gasteiger partial charge in [0.2, 0.25) is 0 Å². The summed E-state index contributed by atoms with van der Waals surface area (Å²) >= 11 is 0. The molecular formula is C14H18N2. The smallest absolute Gasteiger partial charge is 0.0994 e. The van der Waals surface area contributed by atoms with Gasteiger partial charge >= 0.3 is 0 Å². The molecule has 1 N–H and O–H groups in total. The van der Waals surface area contributed by atoms with Crippen molar-refractivity contribution in [2.75, 3.05) is 13.1 Å². The van der Waals surface area contributed by atoms with E-state index in [0.717, 1.165) is 31.0 Å². The van der Waals surface area contributed by atoms with E-state index in [1.165, 1.54) is 24.8 Å². The van der Waals surface area contributed by atoms with Crippen LogP contribution in [0.1, 0.15) is 30.4 Å². The van der Waals surface area contributed by atoms with E-state index < -0.39 is 0 Å². The van der Waals surface area contributed by atoms with E-state index in [0.29, 0.717) is 0 Å². The van der Waals surface area contributed by atoms with Crippen LogP contribution in [0.5, 0.6) is 0 Å². The van der Waals surface area contributed by atoms with Gasteiger partial charge in [0.15, 0.2) is 0 Å².